The van der Waals surface area contributed by atoms with Crippen molar-refractivity contribution < 1.29 is 21.7 Å². The maximum Gasteiger partial charge on any atom is 0 e. The Morgan fingerprint density at radius 3 is 2.64 bits per heavy atom. The van der Waals surface area contributed by atoms with Crippen molar-refractivity contribution in [3.05, 3.63) is 23.8 Å². The fourth-order valence-corrected chi connectivity index (χ4v) is 1.27. The summed E-state index contributed by atoms with van der Waals surface area (Å²) in [5.74, 6) is 0.687. The molecule has 1 unspecified atom stereocenters. The number of hydrogen-bond donors (Lipinski definition) is 0. The van der Waals surface area contributed by atoms with Crippen LogP contribution in [0.4, 0.5) is 0 Å². The molecule has 1 aliphatic carbocycles. The average molecular weight is 184 g/mol. The third-order valence-electron chi connectivity index (χ3n) is 1.91. The number of hydrogen-bond acceptors (Lipinski definition) is 0. The molecule has 0 fully saturated rings. The van der Waals surface area contributed by atoms with Crippen LogP contribution in [0.5, 0.6) is 0 Å². The van der Waals surface area contributed by atoms with Crippen molar-refractivity contribution in [2.75, 3.05) is 0 Å². The zero-order valence-corrected chi connectivity index (χ0v) is 8.99. The van der Waals surface area contributed by atoms with Crippen LogP contribution >= 0.6 is 0 Å². The molecule has 0 radical (unpaired) electrons. The monoisotopic (exact) mass is 184 g/mol. The first-order valence-corrected chi connectivity index (χ1v) is 4.22. The maximum absolute atomic E-state index is 2.36. The molecule has 0 aromatic rings. The second kappa shape index (κ2) is 5.80. The van der Waals surface area contributed by atoms with Gasteiger partial charge in [-0.3, -0.25) is 0 Å². The quantitative estimate of drug-likeness (QED) is 0.590. The molecule has 0 aromatic carbocycles. The molecule has 11 heavy (non-hydrogen) atoms. The van der Waals surface area contributed by atoms with E-state index in [1.807, 2.05) is 0 Å². The zero-order chi connectivity index (χ0) is 7.40. The first kappa shape index (κ1) is 11.2. The molecule has 0 spiro atoms. The van der Waals surface area contributed by atoms with E-state index in [-0.39, 0.29) is 21.7 Å². The Bertz CT molecular complexity index is 156. The first-order valence-electron chi connectivity index (χ1n) is 4.22. The molecular weight excluding hydrogens is 168 g/mol. The molecule has 1 atom stereocenters. The van der Waals surface area contributed by atoms with Gasteiger partial charge in [-0.1, -0.05) is 44.1 Å². The van der Waals surface area contributed by atoms with Crippen LogP contribution in [0.3, 0.4) is 0 Å². The summed E-state index contributed by atoms with van der Waals surface area (Å²) >= 11 is 0. The molecule has 60 valence electrons. The van der Waals surface area contributed by atoms with Gasteiger partial charge in [0, 0.05) is 21.7 Å². The van der Waals surface area contributed by atoms with Gasteiger partial charge in [-0.2, -0.15) is 0 Å². The van der Waals surface area contributed by atoms with Crippen LogP contribution in [0.25, 0.3) is 0 Å². The van der Waals surface area contributed by atoms with E-state index < -0.39 is 0 Å². The minimum Gasteiger partial charge on any atom is -0.0776 e. The predicted molar refractivity (Wildman–Crippen MR) is 45.9 cm³/mol. The molecule has 0 saturated carbocycles. The van der Waals surface area contributed by atoms with E-state index in [1.165, 1.54) is 24.8 Å². The van der Waals surface area contributed by atoms with E-state index in [9.17, 15) is 0 Å². The van der Waals surface area contributed by atoms with Crippen molar-refractivity contribution in [2.45, 2.75) is 33.1 Å². The van der Waals surface area contributed by atoms with E-state index in [1.54, 1.807) is 0 Å². The third kappa shape index (κ3) is 3.93. The van der Waals surface area contributed by atoms with Gasteiger partial charge in [-0.05, 0) is 18.8 Å². The molecule has 1 heteroatoms. The normalized spacial score (nSPS) is 21.3. The van der Waals surface area contributed by atoms with Crippen molar-refractivity contribution in [3.8, 4) is 0 Å². The topological polar surface area (TPSA) is 0 Å². The Morgan fingerprint density at radius 1 is 1.45 bits per heavy atom. The fraction of sp³-hybridized carbons (Fsp3) is 0.600. The molecule has 0 heterocycles. The summed E-state index contributed by atoms with van der Waals surface area (Å²) in [4.78, 5) is 0. The summed E-state index contributed by atoms with van der Waals surface area (Å²) in [6.45, 7) is 4.47. The van der Waals surface area contributed by atoms with Crippen molar-refractivity contribution in [1.82, 2.24) is 0 Å². The van der Waals surface area contributed by atoms with Gasteiger partial charge in [0.2, 0.25) is 0 Å². The summed E-state index contributed by atoms with van der Waals surface area (Å²) < 4.78 is 0. The molecular formula is C10H16Ti. The Labute approximate surface area is 84.6 Å². The van der Waals surface area contributed by atoms with Gasteiger partial charge >= 0.3 is 0 Å². The predicted octanol–water partition coefficient (Wildman–Crippen LogP) is 3.31. The van der Waals surface area contributed by atoms with Crippen LogP contribution in [-0.2, 0) is 21.7 Å². The van der Waals surface area contributed by atoms with Crippen LogP contribution in [0, 0.1) is 5.92 Å². The van der Waals surface area contributed by atoms with Gasteiger partial charge < -0.3 is 0 Å². The Kier molecular flexibility index (Phi) is 5.90. The van der Waals surface area contributed by atoms with E-state index in [4.69, 9.17) is 0 Å². The standard InChI is InChI=1S/C10H16.Ti/c1-3-4-5-10-7-6-9(2)8-10;/h6-9H,3-5H2,1-2H3;. The molecule has 1 rings (SSSR count). The minimum atomic E-state index is 0. The fourth-order valence-electron chi connectivity index (χ4n) is 1.27. The van der Waals surface area contributed by atoms with Gasteiger partial charge in [0.1, 0.15) is 0 Å². The van der Waals surface area contributed by atoms with Gasteiger partial charge in [0.15, 0.2) is 0 Å². The van der Waals surface area contributed by atoms with E-state index in [0.29, 0.717) is 5.92 Å². The van der Waals surface area contributed by atoms with Crippen LogP contribution in [0.1, 0.15) is 33.1 Å². The zero-order valence-electron chi connectivity index (χ0n) is 7.43. The van der Waals surface area contributed by atoms with E-state index in [0.717, 1.165) is 0 Å². The molecule has 0 bridgehead atoms. The summed E-state index contributed by atoms with van der Waals surface area (Å²) in [6, 6.07) is 0. The molecule has 0 N–H and O–H groups in total. The molecule has 0 saturated heterocycles. The van der Waals surface area contributed by atoms with Crippen molar-refractivity contribution in [3.63, 3.8) is 0 Å². The van der Waals surface area contributed by atoms with Crippen molar-refractivity contribution in [1.29, 1.82) is 0 Å². The third-order valence-corrected chi connectivity index (χ3v) is 1.91. The van der Waals surface area contributed by atoms with Crippen LogP contribution in [-0.4, -0.2) is 0 Å². The second-order valence-electron chi connectivity index (χ2n) is 3.06. The smallest absolute Gasteiger partial charge is 0 e. The SMILES string of the molecule is CCCCC1=CC(C)C=C1.[Ti]. The Morgan fingerprint density at radius 2 is 2.18 bits per heavy atom. The molecule has 0 aromatic heterocycles. The average Bonchev–Trinajstić information content (AvgIpc) is 2.31. The number of unbranched alkanes of at least 4 members (excludes halogenated alkanes) is 1. The van der Waals surface area contributed by atoms with Gasteiger partial charge in [-0.25, -0.2) is 0 Å². The Balaban J connectivity index is 0.000001000. The van der Waals surface area contributed by atoms with Crippen LogP contribution in [0.15, 0.2) is 23.8 Å². The number of allylic oxidation sites excluding steroid dienone is 4. The summed E-state index contributed by atoms with van der Waals surface area (Å²) in [6.07, 6.45) is 10.8. The van der Waals surface area contributed by atoms with Crippen LogP contribution in [0.2, 0.25) is 0 Å². The van der Waals surface area contributed by atoms with E-state index in [2.05, 4.69) is 32.1 Å². The maximum atomic E-state index is 2.36. The molecule has 0 amide bonds. The second-order valence-corrected chi connectivity index (χ2v) is 3.06. The van der Waals surface area contributed by atoms with Crippen molar-refractivity contribution in [2.24, 2.45) is 5.92 Å². The molecule has 0 nitrogen and oxygen atoms in total. The van der Waals surface area contributed by atoms with E-state index >= 15 is 0 Å². The van der Waals surface area contributed by atoms with Gasteiger partial charge in [0.05, 0.1) is 0 Å². The van der Waals surface area contributed by atoms with Crippen molar-refractivity contribution >= 4 is 0 Å². The van der Waals surface area contributed by atoms with Crippen LogP contribution < -0.4 is 0 Å². The number of rotatable bonds is 3. The molecule has 0 aliphatic heterocycles. The first-order chi connectivity index (χ1) is 4.83. The largest absolute Gasteiger partial charge is 0.0776 e. The minimum absolute atomic E-state index is 0. The van der Waals surface area contributed by atoms with Gasteiger partial charge in [-0.15, -0.1) is 0 Å². The molecule has 1 aliphatic rings. The Hall–Kier alpha value is 0.194. The summed E-state index contributed by atoms with van der Waals surface area (Å²) in [5.41, 5.74) is 1.54. The summed E-state index contributed by atoms with van der Waals surface area (Å²) in [7, 11) is 0. The summed E-state index contributed by atoms with van der Waals surface area (Å²) in [5, 5.41) is 0. The van der Waals surface area contributed by atoms with Gasteiger partial charge in [0.25, 0.3) is 0 Å².